The topological polar surface area (TPSA) is 20.2 Å². The van der Waals surface area contributed by atoms with Crippen LogP contribution in [0.2, 0.25) is 0 Å². The molecule has 0 radical (unpaired) electrons. The van der Waals surface area contributed by atoms with Crippen LogP contribution in [-0.4, -0.2) is 11.0 Å². The number of aryl methyl sites for hydroxylation is 1. The molecule has 0 spiro atoms. The van der Waals surface area contributed by atoms with Crippen LogP contribution in [-0.2, 0) is 0 Å². The summed E-state index contributed by atoms with van der Waals surface area (Å²) >= 11 is 5.48. The molecule has 1 aromatic rings. The lowest BCUT2D eigenvalue weighted by atomic mass is 10.1. The van der Waals surface area contributed by atoms with Gasteiger partial charge in [0.25, 0.3) is 0 Å². The molecule has 1 N–H and O–H groups in total. The third-order valence-electron chi connectivity index (χ3n) is 1.57. The molecule has 1 nitrogen and oxygen atoms in total. The molecular weight excluding hydrogens is 172 g/mol. The van der Waals surface area contributed by atoms with E-state index in [-0.39, 0.29) is 0 Å². The molecule has 0 fully saturated rings. The fourth-order valence-electron chi connectivity index (χ4n) is 0.979. The van der Waals surface area contributed by atoms with Crippen molar-refractivity contribution in [2.24, 2.45) is 0 Å². The van der Waals surface area contributed by atoms with Crippen LogP contribution in [0.25, 0.3) is 6.08 Å². The second-order valence-corrected chi connectivity index (χ2v) is 2.93. The Balaban J connectivity index is 2.97. The van der Waals surface area contributed by atoms with E-state index in [0.717, 1.165) is 11.1 Å². The van der Waals surface area contributed by atoms with Gasteiger partial charge in [0, 0.05) is 11.4 Å². The third-order valence-corrected chi connectivity index (χ3v) is 1.75. The van der Waals surface area contributed by atoms with Gasteiger partial charge < -0.3 is 5.11 Å². The van der Waals surface area contributed by atoms with E-state index in [1.165, 1.54) is 0 Å². The number of rotatable bonds is 2. The van der Waals surface area contributed by atoms with Crippen LogP contribution in [0, 0.1) is 6.92 Å². The lowest BCUT2D eigenvalue weighted by Gasteiger charge is -1.99. The third kappa shape index (κ3) is 2.28. The Labute approximate surface area is 77.3 Å². The first-order valence-electron chi connectivity index (χ1n) is 3.76. The van der Waals surface area contributed by atoms with E-state index in [0.29, 0.717) is 11.6 Å². The first-order valence-corrected chi connectivity index (χ1v) is 4.29. The highest BCUT2D eigenvalue weighted by atomic mass is 35.5. The highest BCUT2D eigenvalue weighted by molar-refractivity contribution is 6.19. The van der Waals surface area contributed by atoms with Gasteiger partial charge in [0.2, 0.25) is 0 Å². The summed E-state index contributed by atoms with van der Waals surface area (Å²) in [6, 6.07) is 5.47. The van der Waals surface area contributed by atoms with Crippen molar-refractivity contribution in [3.63, 3.8) is 0 Å². The monoisotopic (exact) mass is 182 g/mol. The molecule has 0 bridgehead atoms. The Kier molecular flexibility index (Phi) is 3.18. The molecule has 0 aliphatic carbocycles. The van der Waals surface area contributed by atoms with E-state index in [1.54, 1.807) is 12.1 Å². The molecule has 0 saturated heterocycles. The molecule has 0 heterocycles. The maximum atomic E-state index is 9.37. The second kappa shape index (κ2) is 4.17. The van der Waals surface area contributed by atoms with Gasteiger partial charge >= 0.3 is 0 Å². The summed E-state index contributed by atoms with van der Waals surface area (Å²) in [4.78, 5) is 0. The molecule has 1 rings (SSSR count). The van der Waals surface area contributed by atoms with Gasteiger partial charge in [-0.05, 0) is 19.1 Å². The van der Waals surface area contributed by atoms with Crippen molar-refractivity contribution in [2.75, 3.05) is 5.88 Å². The summed E-state index contributed by atoms with van der Waals surface area (Å²) < 4.78 is 0. The highest BCUT2D eigenvalue weighted by Crippen LogP contribution is 2.19. The van der Waals surface area contributed by atoms with Crippen LogP contribution in [0.15, 0.2) is 24.3 Å². The quantitative estimate of drug-likeness (QED) is 0.698. The summed E-state index contributed by atoms with van der Waals surface area (Å²) in [5.74, 6) is 0.759. The molecule has 2 heteroatoms. The van der Waals surface area contributed by atoms with Crippen molar-refractivity contribution in [2.45, 2.75) is 6.92 Å². The number of benzene rings is 1. The van der Waals surface area contributed by atoms with E-state index < -0.39 is 0 Å². The Morgan fingerprint density at radius 2 is 2.25 bits per heavy atom. The predicted molar refractivity (Wildman–Crippen MR) is 52.6 cm³/mol. The standard InChI is InChI=1S/C10H11ClO/c1-8-4-5-10(12)9(7-8)3-2-6-11/h2-5,7,12H,6H2,1H3/b3-2+. The second-order valence-electron chi connectivity index (χ2n) is 2.62. The first-order chi connectivity index (χ1) is 5.74. The summed E-state index contributed by atoms with van der Waals surface area (Å²) in [7, 11) is 0. The van der Waals surface area contributed by atoms with E-state index in [4.69, 9.17) is 11.6 Å². The molecular formula is C10H11ClO. The minimum absolute atomic E-state index is 0.293. The lowest BCUT2D eigenvalue weighted by molar-refractivity contribution is 0.474. The minimum Gasteiger partial charge on any atom is -0.507 e. The summed E-state index contributed by atoms with van der Waals surface area (Å²) in [6.45, 7) is 1.98. The number of phenolic OH excluding ortho intramolecular Hbond substituents is 1. The zero-order valence-corrected chi connectivity index (χ0v) is 7.67. The Morgan fingerprint density at radius 1 is 1.50 bits per heavy atom. The maximum absolute atomic E-state index is 9.37. The zero-order chi connectivity index (χ0) is 8.97. The minimum atomic E-state index is 0.293. The van der Waals surface area contributed by atoms with Crippen molar-refractivity contribution in [3.8, 4) is 5.75 Å². The van der Waals surface area contributed by atoms with Crippen molar-refractivity contribution >= 4 is 17.7 Å². The lowest BCUT2D eigenvalue weighted by Crippen LogP contribution is -1.77. The van der Waals surface area contributed by atoms with Gasteiger partial charge in [0.15, 0.2) is 0 Å². The number of halogens is 1. The SMILES string of the molecule is Cc1ccc(O)c(/C=C/CCl)c1. The number of phenols is 1. The van der Waals surface area contributed by atoms with E-state index in [9.17, 15) is 5.11 Å². The maximum Gasteiger partial charge on any atom is 0.122 e. The van der Waals surface area contributed by atoms with Crippen LogP contribution < -0.4 is 0 Å². The van der Waals surface area contributed by atoms with Gasteiger partial charge in [-0.25, -0.2) is 0 Å². The van der Waals surface area contributed by atoms with Gasteiger partial charge in [-0.2, -0.15) is 0 Å². The van der Waals surface area contributed by atoms with Crippen molar-refractivity contribution < 1.29 is 5.11 Å². The summed E-state index contributed by atoms with van der Waals surface area (Å²) in [5, 5.41) is 9.37. The fraction of sp³-hybridized carbons (Fsp3) is 0.200. The number of allylic oxidation sites excluding steroid dienone is 1. The smallest absolute Gasteiger partial charge is 0.122 e. The predicted octanol–water partition coefficient (Wildman–Crippen LogP) is 2.95. The van der Waals surface area contributed by atoms with Crippen molar-refractivity contribution in [1.82, 2.24) is 0 Å². The summed E-state index contributed by atoms with van der Waals surface area (Å²) in [6.07, 6.45) is 3.62. The summed E-state index contributed by atoms with van der Waals surface area (Å²) in [5.41, 5.74) is 1.94. The normalized spacial score (nSPS) is 10.8. The molecule has 0 saturated carbocycles. The fourth-order valence-corrected chi connectivity index (χ4v) is 1.07. The molecule has 0 unspecified atom stereocenters. The van der Waals surface area contributed by atoms with Gasteiger partial charge in [-0.3, -0.25) is 0 Å². The Morgan fingerprint density at radius 3 is 2.92 bits per heavy atom. The van der Waals surface area contributed by atoms with Crippen LogP contribution in [0.1, 0.15) is 11.1 Å². The molecule has 12 heavy (non-hydrogen) atoms. The van der Waals surface area contributed by atoms with E-state index in [2.05, 4.69) is 0 Å². The number of aromatic hydroxyl groups is 1. The molecule has 0 amide bonds. The van der Waals surface area contributed by atoms with Gasteiger partial charge in [-0.1, -0.05) is 23.8 Å². The Hall–Kier alpha value is -0.950. The molecule has 0 aromatic heterocycles. The van der Waals surface area contributed by atoms with Crippen LogP contribution in [0.4, 0.5) is 0 Å². The van der Waals surface area contributed by atoms with E-state index in [1.807, 2.05) is 25.1 Å². The number of hydrogen-bond acceptors (Lipinski definition) is 1. The zero-order valence-electron chi connectivity index (χ0n) is 6.92. The highest BCUT2D eigenvalue weighted by Gasteiger charge is 1.95. The number of hydrogen-bond donors (Lipinski definition) is 1. The average Bonchev–Trinajstić information content (AvgIpc) is 2.07. The van der Waals surface area contributed by atoms with Gasteiger partial charge in [0.05, 0.1) is 0 Å². The molecule has 0 atom stereocenters. The molecule has 0 aliphatic heterocycles. The van der Waals surface area contributed by atoms with Crippen LogP contribution in [0.3, 0.4) is 0 Å². The van der Waals surface area contributed by atoms with Crippen LogP contribution in [0.5, 0.6) is 5.75 Å². The number of alkyl halides is 1. The molecule has 0 aliphatic rings. The molecule has 1 aromatic carbocycles. The average molecular weight is 183 g/mol. The van der Waals surface area contributed by atoms with Gasteiger partial charge in [-0.15, -0.1) is 11.6 Å². The van der Waals surface area contributed by atoms with Gasteiger partial charge in [0.1, 0.15) is 5.75 Å². The first kappa shape index (κ1) is 9.14. The molecule has 64 valence electrons. The Bertz CT molecular complexity index is 292. The largest absolute Gasteiger partial charge is 0.507 e. The van der Waals surface area contributed by atoms with Crippen LogP contribution >= 0.6 is 11.6 Å². The van der Waals surface area contributed by atoms with Crippen molar-refractivity contribution in [3.05, 3.63) is 35.4 Å². The van der Waals surface area contributed by atoms with E-state index >= 15 is 0 Å². The van der Waals surface area contributed by atoms with Crippen molar-refractivity contribution in [1.29, 1.82) is 0 Å².